The molecule has 3 aromatic rings. The topological polar surface area (TPSA) is 96.3 Å². The number of hydrogen-bond donors (Lipinski definition) is 2. The number of carbonyl (C=O) groups is 3. The highest BCUT2D eigenvalue weighted by molar-refractivity contribution is 6.32. The van der Waals surface area contributed by atoms with Gasteiger partial charge >= 0.3 is 6.03 Å². The average molecular weight is 442 g/mol. The van der Waals surface area contributed by atoms with Gasteiger partial charge in [-0.1, -0.05) is 35.9 Å². The van der Waals surface area contributed by atoms with Crippen molar-refractivity contribution in [2.45, 2.75) is 12.5 Å². The zero-order chi connectivity index (χ0) is 22.2. The summed E-state index contributed by atoms with van der Waals surface area (Å²) in [6.07, 6.45) is 2.99. The quantitative estimate of drug-likeness (QED) is 0.595. The van der Waals surface area contributed by atoms with Crippen LogP contribution in [-0.2, 0) is 15.1 Å². The van der Waals surface area contributed by atoms with Crippen LogP contribution in [-0.4, -0.2) is 39.1 Å². The summed E-state index contributed by atoms with van der Waals surface area (Å²) >= 11 is 6.15. The van der Waals surface area contributed by atoms with Crippen LogP contribution in [0.2, 0.25) is 5.02 Å². The summed E-state index contributed by atoms with van der Waals surface area (Å²) in [5.41, 5.74) is 0.0308. The zero-order valence-electron chi connectivity index (χ0n) is 16.3. The van der Waals surface area contributed by atoms with Crippen LogP contribution in [0.4, 0.5) is 14.9 Å². The minimum atomic E-state index is -1.39. The van der Waals surface area contributed by atoms with Crippen molar-refractivity contribution in [2.24, 2.45) is 0 Å². The van der Waals surface area contributed by atoms with E-state index in [1.807, 2.05) is 0 Å². The third-order valence-electron chi connectivity index (χ3n) is 4.96. The van der Waals surface area contributed by atoms with Crippen molar-refractivity contribution in [3.8, 4) is 5.69 Å². The first kappa shape index (κ1) is 20.5. The number of carbonyl (C=O) groups excluding carboxylic acids is 3. The molecule has 1 unspecified atom stereocenters. The van der Waals surface area contributed by atoms with Crippen LogP contribution in [0.3, 0.4) is 0 Å². The lowest BCUT2D eigenvalue weighted by atomic mass is 9.92. The van der Waals surface area contributed by atoms with Gasteiger partial charge in [0.25, 0.3) is 5.91 Å². The SMILES string of the molecule is CC1(c2ccc(F)cc2)NC(=O)N(CC(=O)Nc2cnn(-c3ccccc3Cl)c2)C1=O. The lowest BCUT2D eigenvalue weighted by Gasteiger charge is -2.22. The summed E-state index contributed by atoms with van der Waals surface area (Å²) < 4.78 is 14.7. The molecule has 2 heterocycles. The van der Waals surface area contributed by atoms with Gasteiger partial charge in [-0.05, 0) is 36.8 Å². The molecule has 2 N–H and O–H groups in total. The number of aromatic nitrogens is 2. The number of hydrogen-bond acceptors (Lipinski definition) is 4. The number of rotatable bonds is 5. The lowest BCUT2D eigenvalue weighted by Crippen LogP contribution is -2.42. The highest BCUT2D eigenvalue weighted by Crippen LogP contribution is 2.29. The summed E-state index contributed by atoms with van der Waals surface area (Å²) in [4.78, 5) is 38.5. The standard InChI is InChI=1S/C21H17ClFN5O3/c1-21(13-6-8-14(23)9-7-13)19(30)27(20(31)26-21)12-18(29)25-15-10-24-28(11-15)17-5-3-2-4-16(17)22/h2-11H,12H2,1H3,(H,25,29)(H,26,31). The molecule has 1 atom stereocenters. The molecule has 1 saturated heterocycles. The van der Waals surface area contributed by atoms with Gasteiger partial charge < -0.3 is 10.6 Å². The van der Waals surface area contributed by atoms with Crippen molar-refractivity contribution in [1.29, 1.82) is 0 Å². The maximum absolute atomic E-state index is 13.2. The van der Waals surface area contributed by atoms with Crippen LogP contribution >= 0.6 is 11.6 Å². The van der Waals surface area contributed by atoms with Gasteiger partial charge in [-0.2, -0.15) is 5.10 Å². The summed E-state index contributed by atoms with van der Waals surface area (Å²) in [5.74, 6) is -1.64. The normalized spacial score (nSPS) is 18.2. The fourth-order valence-electron chi connectivity index (χ4n) is 3.32. The number of halogens is 2. The molecule has 0 aliphatic carbocycles. The van der Waals surface area contributed by atoms with E-state index in [0.29, 0.717) is 22.0 Å². The van der Waals surface area contributed by atoms with E-state index in [2.05, 4.69) is 15.7 Å². The van der Waals surface area contributed by atoms with Crippen LogP contribution in [0.1, 0.15) is 12.5 Å². The van der Waals surface area contributed by atoms with Gasteiger partial charge in [0.05, 0.1) is 28.8 Å². The Kier molecular flexibility index (Phi) is 5.20. The van der Waals surface area contributed by atoms with Crippen molar-refractivity contribution in [3.05, 3.63) is 77.3 Å². The third-order valence-corrected chi connectivity index (χ3v) is 5.28. The molecule has 1 fully saturated rings. The Morgan fingerprint density at radius 1 is 1.19 bits per heavy atom. The first-order valence-electron chi connectivity index (χ1n) is 9.27. The highest BCUT2D eigenvalue weighted by Gasteiger charge is 2.49. The second-order valence-electron chi connectivity index (χ2n) is 7.13. The van der Waals surface area contributed by atoms with Gasteiger partial charge in [0, 0.05) is 0 Å². The number of urea groups is 1. The number of imide groups is 1. The predicted octanol–water partition coefficient (Wildman–Crippen LogP) is 3.07. The molecule has 4 amide bonds. The summed E-state index contributed by atoms with van der Waals surface area (Å²) in [7, 11) is 0. The Morgan fingerprint density at radius 3 is 2.61 bits per heavy atom. The number of nitrogens with zero attached hydrogens (tertiary/aromatic N) is 3. The van der Waals surface area contributed by atoms with Gasteiger partial charge in [0.2, 0.25) is 5.91 Å². The maximum atomic E-state index is 13.2. The first-order valence-corrected chi connectivity index (χ1v) is 9.65. The Labute approximate surface area is 181 Å². The third kappa shape index (κ3) is 3.87. The molecule has 1 aliphatic rings. The molecule has 0 bridgehead atoms. The fraction of sp³-hybridized carbons (Fsp3) is 0.143. The summed E-state index contributed by atoms with van der Waals surface area (Å²) in [5, 5.41) is 9.82. The van der Waals surface area contributed by atoms with Crippen molar-refractivity contribution < 1.29 is 18.8 Å². The van der Waals surface area contributed by atoms with Crippen LogP contribution in [0.15, 0.2) is 60.9 Å². The van der Waals surface area contributed by atoms with E-state index >= 15 is 0 Å². The van der Waals surface area contributed by atoms with E-state index in [-0.39, 0.29) is 0 Å². The molecule has 8 nitrogen and oxygen atoms in total. The van der Waals surface area contributed by atoms with Gasteiger partial charge in [-0.3, -0.25) is 14.5 Å². The van der Waals surface area contributed by atoms with Crippen molar-refractivity contribution in [2.75, 3.05) is 11.9 Å². The predicted molar refractivity (Wildman–Crippen MR) is 111 cm³/mol. The Morgan fingerprint density at radius 2 is 1.90 bits per heavy atom. The monoisotopic (exact) mass is 441 g/mol. The number of anilines is 1. The second kappa shape index (κ2) is 7.84. The highest BCUT2D eigenvalue weighted by atomic mass is 35.5. The molecule has 31 heavy (non-hydrogen) atoms. The summed E-state index contributed by atoms with van der Waals surface area (Å²) in [6, 6.07) is 11.6. The molecule has 10 heteroatoms. The van der Waals surface area contributed by atoms with E-state index < -0.39 is 35.7 Å². The van der Waals surface area contributed by atoms with E-state index in [1.165, 1.54) is 42.1 Å². The largest absolute Gasteiger partial charge is 0.325 e. The fourth-order valence-corrected chi connectivity index (χ4v) is 3.54. The van der Waals surface area contributed by atoms with E-state index in [4.69, 9.17) is 11.6 Å². The van der Waals surface area contributed by atoms with Crippen molar-refractivity contribution >= 4 is 35.1 Å². The van der Waals surface area contributed by atoms with Crippen LogP contribution < -0.4 is 10.6 Å². The lowest BCUT2D eigenvalue weighted by molar-refractivity contribution is -0.133. The summed E-state index contributed by atoms with van der Waals surface area (Å²) in [6.45, 7) is 1.02. The molecule has 2 aromatic carbocycles. The van der Waals surface area contributed by atoms with Crippen LogP contribution in [0, 0.1) is 5.82 Å². The molecule has 0 radical (unpaired) electrons. The van der Waals surface area contributed by atoms with Crippen LogP contribution in [0.5, 0.6) is 0 Å². The first-order chi connectivity index (χ1) is 14.8. The minimum Gasteiger partial charge on any atom is -0.322 e. The second-order valence-corrected chi connectivity index (χ2v) is 7.53. The molecule has 4 rings (SSSR count). The van der Waals surface area contributed by atoms with E-state index in [0.717, 1.165) is 4.90 Å². The van der Waals surface area contributed by atoms with Crippen LogP contribution in [0.25, 0.3) is 5.69 Å². The van der Waals surface area contributed by atoms with Gasteiger partial charge in [-0.15, -0.1) is 0 Å². The van der Waals surface area contributed by atoms with Crippen molar-refractivity contribution in [3.63, 3.8) is 0 Å². The van der Waals surface area contributed by atoms with Gasteiger partial charge in [0.1, 0.15) is 17.9 Å². The number of amides is 4. The average Bonchev–Trinajstić information content (AvgIpc) is 3.27. The molecular weight excluding hydrogens is 425 g/mol. The minimum absolute atomic E-state index is 0.373. The van der Waals surface area contributed by atoms with E-state index in [1.54, 1.807) is 30.5 Å². The Hall–Kier alpha value is -3.72. The van der Waals surface area contributed by atoms with Gasteiger partial charge in [-0.25, -0.2) is 13.9 Å². The van der Waals surface area contributed by atoms with Crippen molar-refractivity contribution in [1.82, 2.24) is 20.0 Å². The van der Waals surface area contributed by atoms with Gasteiger partial charge in [0.15, 0.2) is 0 Å². The molecule has 1 aliphatic heterocycles. The molecule has 1 aromatic heterocycles. The molecule has 158 valence electrons. The Balaban J connectivity index is 1.45. The molecular formula is C21H17ClFN5O3. The zero-order valence-corrected chi connectivity index (χ0v) is 17.1. The number of nitrogens with one attached hydrogen (secondary N) is 2. The Bertz CT molecular complexity index is 1180. The molecule has 0 saturated carbocycles. The number of para-hydroxylation sites is 1. The van der Waals surface area contributed by atoms with E-state index in [9.17, 15) is 18.8 Å². The number of benzene rings is 2. The maximum Gasteiger partial charge on any atom is 0.325 e. The smallest absolute Gasteiger partial charge is 0.322 e. The molecule has 0 spiro atoms.